The van der Waals surface area contributed by atoms with Crippen LogP contribution in [-0.4, -0.2) is 31.3 Å². The zero-order valence-electron chi connectivity index (χ0n) is 10.5. The van der Waals surface area contributed by atoms with Crippen LogP contribution in [0.15, 0.2) is 33.6 Å². The van der Waals surface area contributed by atoms with E-state index in [-0.39, 0.29) is 16.8 Å². The van der Waals surface area contributed by atoms with Gasteiger partial charge in [-0.05, 0) is 26.0 Å². The number of sulfonamides is 1. The highest BCUT2D eigenvalue weighted by atomic mass is 32.2. The summed E-state index contributed by atoms with van der Waals surface area (Å²) in [5, 5.41) is 3.28. The maximum atomic E-state index is 11.8. The molecule has 0 atom stereocenters. The summed E-state index contributed by atoms with van der Waals surface area (Å²) in [5.74, 6) is 5.56. The molecule has 0 aliphatic carbocycles. The molecule has 0 saturated heterocycles. The van der Waals surface area contributed by atoms with Crippen molar-refractivity contribution in [1.29, 1.82) is 0 Å². The number of hydrazine groups is 1. The largest absolute Gasteiger partial charge is 0.337 e. The minimum absolute atomic E-state index is 0.0535. The van der Waals surface area contributed by atoms with Crippen LogP contribution in [0.1, 0.15) is 19.4 Å². The number of carbonyl (C=O) groups excluding carboxylic acids is 1. The number of hydrogen-bond donors (Lipinski definition) is 2. The fourth-order valence-electron chi connectivity index (χ4n) is 1.67. The molecule has 1 aromatic rings. The molecule has 2 rings (SSSR count). The Bertz CT molecular complexity index is 652. The number of benzene rings is 1. The maximum Gasteiger partial charge on any atom is 0.337 e. The lowest BCUT2D eigenvalue weighted by atomic mass is 10.2. The van der Waals surface area contributed by atoms with E-state index in [4.69, 9.17) is 5.84 Å². The Kier molecular flexibility index (Phi) is 3.29. The minimum Gasteiger partial charge on any atom is -0.334 e. The summed E-state index contributed by atoms with van der Waals surface area (Å²) in [6.45, 7) is 3.54. The molecule has 1 aromatic carbocycles. The van der Waals surface area contributed by atoms with Gasteiger partial charge in [-0.25, -0.2) is 15.6 Å². The first-order valence-electron chi connectivity index (χ1n) is 5.62. The lowest BCUT2D eigenvalue weighted by molar-refractivity contribution is 0.219. The van der Waals surface area contributed by atoms with Crippen LogP contribution in [0.25, 0.3) is 0 Å². The zero-order chi connectivity index (χ0) is 14.2. The molecule has 102 valence electrons. The van der Waals surface area contributed by atoms with Crippen molar-refractivity contribution in [3.8, 4) is 0 Å². The fraction of sp³-hybridized carbons (Fsp3) is 0.273. The highest BCUT2D eigenvalue weighted by molar-refractivity contribution is 7.90. The first-order chi connectivity index (χ1) is 8.83. The Morgan fingerprint density at radius 2 is 2.00 bits per heavy atom. The molecule has 3 N–H and O–H groups in total. The third-order valence-electron chi connectivity index (χ3n) is 2.47. The third-order valence-corrected chi connectivity index (χ3v) is 3.80. The van der Waals surface area contributed by atoms with E-state index in [9.17, 15) is 13.2 Å². The molecule has 0 spiro atoms. The molecule has 2 amide bonds. The summed E-state index contributed by atoms with van der Waals surface area (Å²) in [6.07, 6.45) is 0. The van der Waals surface area contributed by atoms with Crippen molar-refractivity contribution in [3.63, 3.8) is 0 Å². The second-order valence-electron chi connectivity index (χ2n) is 4.36. The fourth-order valence-corrected chi connectivity index (χ4v) is 2.88. The molecule has 1 aliphatic heterocycles. The second kappa shape index (κ2) is 4.63. The molecule has 0 fully saturated rings. The number of carbonyl (C=O) groups is 1. The average molecular weight is 282 g/mol. The second-order valence-corrected chi connectivity index (χ2v) is 5.93. The van der Waals surface area contributed by atoms with Crippen LogP contribution >= 0.6 is 0 Å². The lowest BCUT2D eigenvalue weighted by Crippen LogP contribution is -2.50. The van der Waals surface area contributed by atoms with Crippen LogP contribution in [0.5, 0.6) is 0 Å². The van der Waals surface area contributed by atoms with Crippen LogP contribution in [0.4, 0.5) is 4.79 Å². The first-order valence-corrected chi connectivity index (χ1v) is 7.06. The van der Waals surface area contributed by atoms with Crippen LogP contribution in [0.3, 0.4) is 0 Å². The van der Waals surface area contributed by atoms with Crippen molar-refractivity contribution in [2.75, 3.05) is 0 Å². The number of hydrogen-bond acceptors (Lipinski definition) is 4. The summed E-state index contributed by atoms with van der Waals surface area (Å²) < 4.78 is 27.2. The summed E-state index contributed by atoms with van der Waals surface area (Å²) >= 11 is 0. The van der Waals surface area contributed by atoms with E-state index in [2.05, 4.69) is 9.71 Å². The summed E-state index contributed by atoms with van der Waals surface area (Å²) in [5.41, 5.74) is 0.323. The number of amides is 2. The van der Waals surface area contributed by atoms with Gasteiger partial charge in [0.15, 0.2) is 5.84 Å². The van der Waals surface area contributed by atoms with Gasteiger partial charge in [0.25, 0.3) is 10.0 Å². The van der Waals surface area contributed by atoms with Gasteiger partial charge in [-0.1, -0.05) is 12.1 Å². The predicted octanol–water partition coefficient (Wildman–Crippen LogP) is 0.429. The number of rotatable bonds is 1. The van der Waals surface area contributed by atoms with Gasteiger partial charge in [0.1, 0.15) is 4.90 Å². The molecule has 1 aliphatic rings. The summed E-state index contributed by atoms with van der Waals surface area (Å²) in [6, 6.07) is 5.50. The van der Waals surface area contributed by atoms with Crippen LogP contribution in [-0.2, 0) is 10.0 Å². The van der Waals surface area contributed by atoms with Gasteiger partial charge in [-0.15, -0.1) is 4.40 Å². The topological polar surface area (TPSA) is 105 Å². The van der Waals surface area contributed by atoms with E-state index in [1.165, 1.54) is 6.07 Å². The zero-order valence-corrected chi connectivity index (χ0v) is 11.3. The van der Waals surface area contributed by atoms with Crippen molar-refractivity contribution in [2.45, 2.75) is 24.8 Å². The van der Waals surface area contributed by atoms with Crippen LogP contribution < -0.4 is 11.2 Å². The number of nitrogens with two attached hydrogens (primary N) is 1. The van der Waals surface area contributed by atoms with Crippen molar-refractivity contribution in [1.82, 2.24) is 10.3 Å². The van der Waals surface area contributed by atoms with Crippen molar-refractivity contribution in [2.24, 2.45) is 10.2 Å². The number of amidine groups is 1. The molecular formula is C11H14N4O3S. The highest BCUT2D eigenvalue weighted by Gasteiger charge is 2.33. The van der Waals surface area contributed by atoms with E-state index in [0.717, 1.165) is 0 Å². The van der Waals surface area contributed by atoms with Crippen molar-refractivity contribution >= 4 is 21.9 Å². The number of nitrogens with zero attached hydrogens (tertiary/aromatic N) is 2. The van der Waals surface area contributed by atoms with E-state index < -0.39 is 16.1 Å². The Morgan fingerprint density at radius 3 is 2.63 bits per heavy atom. The molecule has 7 nitrogen and oxygen atoms in total. The molecule has 19 heavy (non-hydrogen) atoms. The Balaban J connectivity index is 2.40. The van der Waals surface area contributed by atoms with Gasteiger partial charge in [-0.2, -0.15) is 8.42 Å². The molecule has 8 heteroatoms. The lowest BCUT2D eigenvalue weighted by Gasteiger charge is -2.18. The quantitative estimate of drug-likeness (QED) is 0.442. The Hall–Kier alpha value is -1.93. The van der Waals surface area contributed by atoms with Gasteiger partial charge < -0.3 is 5.32 Å². The monoisotopic (exact) mass is 282 g/mol. The first kappa shape index (κ1) is 13.5. The summed E-state index contributed by atoms with van der Waals surface area (Å²) in [4.78, 5) is 11.8. The molecular weight excluding hydrogens is 268 g/mol. The van der Waals surface area contributed by atoms with Gasteiger partial charge in [0.05, 0.1) is 0 Å². The molecule has 0 unspecified atom stereocenters. The molecule has 1 heterocycles. The van der Waals surface area contributed by atoms with E-state index >= 15 is 0 Å². The smallest absolute Gasteiger partial charge is 0.334 e. The maximum absolute atomic E-state index is 11.8. The summed E-state index contributed by atoms with van der Waals surface area (Å²) in [7, 11) is -3.78. The third kappa shape index (κ3) is 2.45. The van der Waals surface area contributed by atoms with Gasteiger partial charge in [0, 0.05) is 11.6 Å². The van der Waals surface area contributed by atoms with Crippen LogP contribution in [0.2, 0.25) is 0 Å². The minimum atomic E-state index is -3.78. The molecule has 0 radical (unpaired) electrons. The standard InChI is InChI=1S/C11H14N4O3S/c1-7(2)13-11(16)15(12)10-8-5-3-4-6-9(8)19(17,18)14-10/h3-7H,12H2,1-2H3,(H,13,16). The van der Waals surface area contributed by atoms with Gasteiger partial charge in [-0.3, -0.25) is 0 Å². The average Bonchev–Trinajstić information content (AvgIpc) is 2.60. The predicted molar refractivity (Wildman–Crippen MR) is 69.9 cm³/mol. The Morgan fingerprint density at radius 1 is 1.37 bits per heavy atom. The van der Waals surface area contributed by atoms with Gasteiger partial charge in [0.2, 0.25) is 0 Å². The van der Waals surface area contributed by atoms with Gasteiger partial charge >= 0.3 is 6.03 Å². The van der Waals surface area contributed by atoms with E-state index in [1.54, 1.807) is 32.0 Å². The normalized spacial score (nSPS) is 15.9. The van der Waals surface area contributed by atoms with Crippen LogP contribution in [0, 0.1) is 0 Å². The SMILES string of the molecule is CC(C)NC(=O)N(N)C1=NS(=O)(=O)c2ccccc21. The van der Waals surface area contributed by atoms with Crippen molar-refractivity contribution in [3.05, 3.63) is 29.8 Å². The highest BCUT2D eigenvalue weighted by Crippen LogP contribution is 2.26. The molecule has 0 aromatic heterocycles. The number of nitrogens with one attached hydrogen (secondary N) is 1. The number of urea groups is 1. The van der Waals surface area contributed by atoms with Crippen molar-refractivity contribution < 1.29 is 13.2 Å². The molecule has 0 saturated carbocycles. The van der Waals surface area contributed by atoms with E-state index in [0.29, 0.717) is 10.6 Å². The van der Waals surface area contributed by atoms with E-state index in [1.807, 2.05) is 0 Å². The molecule has 0 bridgehead atoms. The number of fused-ring (bicyclic) bond motifs is 1. The Labute approximate surface area is 111 Å².